The summed E-state index contributed by atoms with van der Waals surface area (Å²) >= 11 is 0. The highest BCUT2D eigenvalue weighted by Gasteiger charge is 1.96. The average Bonchev–Trinajstić information content (AvgIpc) is 2.29. The molecule has 0 aliphatic carbocycles. The van der Waals surface area contributed by atoms with E-state index in [0.717, 1.165) is 5.56 Å². The Morgan fingerprint density at radius 2 is 1.81 bits per heavy atom. The molecule has 0 saturated heterocycles. The standard InChI is InChI=1S/C12H16O4/c13-12(14)10-16-8-4-7-15-9-11-5-2-1-3-6-11/h1-3,5-6H,4,7-10H2,(H,13,14). The summed E-state index contributed by atoms with van der Waals surface area (Å²) in [5.41, 5.74) is 1.13. The van der Waals surface area contributed by atoms with Gasteiger partial charge in [-0.25, -0.2) is 4.79 Å². The number of aliphatic carboxylic acids is 1. The number of hydrogen-bond donors (Lipinski definition) is 1. The van der Waals surface area contributed by atoms with Crippen molar-refractivity contribution in [3.8, 4) is 0 Å². The van der Waals surface area contributed by atoms with Crippen LogP contribution in [0.1, 0.15) is 12.0 Å². The summed E-state index contributed by atoms with van der Waals surface area (Å²) < 4.78 is 10.3. The Bertz CT molecular complexity index is 297. The van der Waals surface area contributed by atoms with Crippen molar-refractivity contribution in [1.82, 2.24) is 0 Å². The zero-order valence-corrected chi connectivity index (χ0v) is 9.09. The summed E-state index contributed by atoms with van der Waals surface area (Å²) in [7, 11) is 0. The maximum atomic E-state index is 10.1. The van der Waals surface area contributed by atoms with E-state index in [1.165, 1.54) is 0 Å². The normalized spacial score (nSPS) is 10.2. The Hall–Kier alpha value is -1.39. The van der Waals surface area contributed by atoms with Crippen LogP contribution in [0.2, 0.25) is 0 Å². The molecule has 4 heteroatoms. The van der Waals surface area contributed by atoms with Crippen molar-refractivity contribution in [3.05, 3.63) is 35.9 Å². The van der Waals surface area contributed by atoms with Gasteiger partial charge in [0.25, 0.3) is 0 Å². The SMILES string of the molecule is O=C(O)COCCCOCc1ccccc1. The van der Waals surface area contributed by atoms with Gasteiger partial charge >= 0.3 is 5.97 Å². The molecular weight excluding hydrogens is 208 g/mol. The van der Waals surface area contributed by atoms with Crippen LogP contribution in [0.15, 0.2) is 30.3 Å². The molecule has 0 amide bonds. The zero-order valence-electron chi connectivity index (χ0n) is 9.09. The monoisotopic (exact) mass is 224 g/mol. The number of carboxylic acid groups (broad SMARTS) is 1. The highest BCUT2D eigenvalue weighted by atomic mass is 16.5. The second-order valence-electron chi connectivity index (χ2n) is 3.34. The Kier molecular flexibility index (Phi) is 6.22. The molecule has 0 atom stereocenters. The molecule has 0 radical (unpaired) electrons. The summed E-state index contributed by atoms with van der Waals surface area (Å²) in [5.74, 6) is -0.940. The minimum absolute atomic E-state index is 0.237. The first-order valence-corrected chi connectivity index (χ1v) is 5.20. The third-order valence-electron chi connectivity index (χ3n) is 1.91. The fourth-order valence-corrected chi connectivity index (χ4v) is 1.19. The van der Waals surface area contributed by atoms with E-state index in [4.69, 9.17) is 14.6 Å². The number of hydrogen-bond acceptors (Lipinski definition) is 3. The molecule has 0 spiro atoms. The smallest absolute Gasteiger partial charge is 0.329 e. The van der Waals surface area contributed by atoms with Crippen LogP contribution in [-0.4, -0.2) is 30.9 Å². The van der Waals surface area contributed by atoms with Gasteiger partial charge in [-0.15, -0.1) is 0 Å². The first kappa shape index (κ1) is 12.7. The van der Waals surface area contributed by atoms with Crippen molar-refractivity contribution in [2.75, 3.05) is 19.8 Å². The topological polar surface area (TPSA) is 55.8 Å². The van der Waals surface area contributed by atoms with Crippen molar-refractivity contribution >= 4 is 5.97 Å². The zero-order chi connectivity index (χ0) is 11.6. The molecule has 88 valence electrons. The van der Waals surface area contributed by atoms with Gasteiger partial charge in [0.05, 0.1) is 6.61 Å². The molecule has 0 aliphatic rings. The minimum Gasteiger partial charge on any atom is -0.480 e. The van der Waals surface area contributed by atoms with E-state index in [9.17, 15) is 4.79 Å². The van der Waals surface area contributed by atoms with Gasteiger partial charge in [-0.2, -0.15) is 0 Å². The van der Waals surface area contributed by atoms with E-state index in [2.05, 4.69) is 0 Å². The fourth-order valence-electron chi connectivity index (χ4n) is 1.19. The molecule has 0 saturated carbocycles. The first-order chi connectivity index (χ1) is 7.79. The van der Waals surface area contributed by atoms with Crippen molar-refractivity contribution in [3.63, 3.8) is 0 Å². The van der Waals surface area contributed by atoms with E-state index >= 15 is 0 Å². The van der Waals surface area contributed by atoms with E-state index in [1.807, 2.05) is 30.3 Å². The number of ether oxygens (including phenoxy) is 2. The number of benzene rings is 1. The maximum Gasteiger partial charge on any atom is 0.329 e. The van der Waals surface area contributed by atoms with Gasteiger partial charge in [0.15, 0.2) is 0 Å². The lowest BCUT2D eigenvalue weighted by Crippen LogP contribution is -2.09. The van der Waals surface area contributed by atoms with Gasteiger partial charge in [-0.1, -0.05) is 30.3 Å². The van der Waals surface area contributed by atoms with Crippen molar-refractivity contribution in [2.45, 2.75) is 13.0 Å². The van der Waals surface area contributed by atoms with E-state index in [0.29, 0.717) is 26.2 Å². The molecule has 0 bridgehead atoms. The molecule has 1 aromatic carbocycles. The molecule has 1 aromatic rings. The second kappa shape index (κ2) is 7.84. The van der Waals surface area contributed by atoms with Gasteiger partial charge in [-0.3, -0.25) is 0 Å². The summed E-state index contributed by atoms with van der Waals surface area (Å²) in [6.45, 7) is 1.34. The van der Waals surface area contributed by atoms with Crippen LogP contribution in [0.5, 0.6) is 0 Å². The molecule has 1 rings (SSSR count). The summed E-state index contributed by atoms with van der Waals surface area (Å²) in [4.78, 5) is 10.1. The van der Waals surface area contributed by atoms with Crippen molar-refractivity contribution in [2.24, 2.45) is 0 Å². The largest absolute Gasteiger partial charge is 0.480 e. The van der Waals surface area contributed by atoms with E-state index in [-0.39, 0.29) is 6.61 Å². The predicted molar refractivity (Wildman–Crippen MR) is 59.2 cm³/mol. The molecule has 1 N–H and O–H groups in total. The van der Waals surface area contributed by atoms with Gasteiger partial charge in [0, 0.05) is 13.2 Å². The van der Waals surface area contributed by atoms with Gasteiger partial charge in [-0.05, 0) is 12.0 Å². The van der Waals surface area contributed by atoms with Crippen LogP contribution in [0, 0.1) is 0 Å². The average molecular weight is 224 g/mol. The van der Waals surface area contributed by atoms with Crippen LogP contribution < -0.4 is 0 Å². The van der Waals surface area contributed by atoms with Crippen LogP contribution >= 0.6 is 0 Å². The Balaban J connectivity index is 1.94. The predicted octanol–water partition coefficient (Wildman–Crippen LogP) is 1.69. The molecule has 0 heterocycles. The van der Waals surface area contributed by atoms with Crippen molar-refractivity contribution in [1.29, 1.82) is 0 Å². The first-order valence-electron chi connectivity index (χ1n) is 5.20. The number of carboxylic acids is 1. The van der Waals surface area contributed by atoms with Crippen LogP contribution in [-0.2, 0) is 20.9 Å². The summed E-state index contributed by atoms with van der Waals surface area (Å²) in [6, 6.07) is 9.90. The van der Waals surface area contributed by atoms with Crippen molar-refractivity contribution < 1.29 is 19.4 Å². The quantitative estimate of drug-likeness (QED) is 0.683. The second-order valence-corrected chi connectivity index (χ2v) is 3.34. The molecule has 0 unspecified atom stereocenters. The Morgan fingerprint density at radius 1 is 1.12 bits per heavy atom. The minimum atomic E-state index is -0.940. The highest BCUT2D eigenvalue weighted by Crippen LogP contribution is 2.00. The summed E-state index contributed by atoms with van der Waals surface area (Å²) in [5, 5.41) is 8.31. The van der Waals surface area contributed by atoms with E-state index in [1.54, 1.807) is 0 Å². The van der Waals surface area contributed by atoms with Crippen LogP contribution in [0.3, 0.4) is 0 Å². The third kappa shape index (κ3) is 6.16. The lowest BCUT2D eigenvalue weighted by Gasteiger charge is -2.04. The molecule has 0 aromatic heterocycles. The molecule has 16 heavy (non-hydrogen) atoms. The fraction of sp³-hybridized carbons (Fsp3) is 0.417. The number of carbonyl (C=O) groups is 1. The lowest BCUT2D eigenvalue weighted by molar-refractivity contribution is -0.142. The number of rotatable bonds is 8. The highest BCUT2D eigenvalue weighted by molar-refractivity contribution is 5.67. The lowest BCUT2D eigenvalue weighted by atomic mass is 10.2. The third-order valence-corrected chi connectivity index (χ3v) is 1.91. The van der Waals surface area contributed by atoms with Gasteiger partial charge in [0.2, 0.25) is 0 Å². The maximum absolute atomic E-state index is 10.1. The van der Waals surface area contributed by atoms with Gasteiger partial charge < -0.3 is 14.6 Å². The molecular formula is C12H16O4. The molecule has 0 fully saturated rings. The molecule has 0 aliphatic heterocycles. The Morgan fingerprint density at radius 3 is 2.50 bits per heavy atom. The van der Waals surface area contributed by atoms with E-state index < -0.39 is 5.97 Å². The van der Waals surface area contributed by atoms with Crippen LogP contribution in [0.25, 0.3) is 0 Å². The van der Waals surface area contributed by atoms with Gasteiger partial charge in [0.1, 0.15) is 6.61 Å². The Labute approximate surface area is 94.8 Å². The molecule has 4 nitrogen and oxygen atoms in total. The van der Waals surface area contributed by atoms with Crippen LogP contribution in [0.4, 0.5) is 0 Å². The summed E-state index contributed by atoms with van der Waals surface area (Å²) in [6.07, 6.45) is 0.708.